The lowest BCUT2D eigenvalue weighted by Crippen LogP contribution is -2.14. The predicted octanol–water partition coefficient (Wildman–Crippen LogP) is 4.72. The van der Waals surface area contributed by atoms with Crippen LogP contribution >= 0.6 is 23.2 Å². The number of aliphatic carboxylic acids is 1. The summed E-state index contributed by atoms with van der Waals surface area (Å²) in [5.41, 5.74) is 2.90. The maximum absolute atomic E-state index is 12.0. The van der Waals surface area contributed by atoms with Gasteiger partial charge in [-0.2, -0.15) is 0 Å². The zero-order chi connectivity index (χ0) is 17.7. The van der Waals surface area contributed by atoms with Crippen LogP contribution in [0.2, 0.25) is 10.0 Å². The number of ether oxygens (including phenoxy) is 1. The smallest absolute Gasteiger partial charge is 0.341 e. The molecule has 0 heterocycles. The molecule has 1 saturated carbocycles. The second kappa shape index (κ2) is 6.33. The maximum atomic E-state index is 12.0. The van der Waals surface area contributed by atoms with E-state index < -0.39 is 12.6 Å². The molecule has 0 aliphatic heterocycles. The van der Waals surface area contributed by atoms with Crippen molar-refractivity contribution in [3.63, 3.8) is 0 Å². The largest absolute Gasteiger partial charge is 0.480 e. The molecular weight excluding hydrogens is 363 g/mol. The molecule has 0 radical (unpaired) electrons. The van der Waals surface area contributed by atoms with E-state index in [1.54, 1.807) is 6.08 Å². The molecule has 4 rings (SSSR count). The van der Waals surface area contributed by atoms with E-state index in [2.05, 4.69) is 0 Å². The Morgan fingerprint density at radius 2 is 2.00 bits per heavy atom. The van der Waals surface area contributed by atoms with E-state index in [-0.39, 0.29) is 16.7 Å². The molecule has 3 aliphatic carbocycles. The molecule has 25 heavy (non-hydrogen) atoms. The minimum atomic E-state index is -1.07. The number of halogens is 2. The van der Waals surface area contributed by atoms with Crippen molar-refractivity contribution in [2.75, 3.05) is 6.61 Å². The monoisotopic (exact) mass is 380 g/mol. The number of carboxylic acid groups (broad SMARTS) is 1. The molecule has 0 bridgehead atoms. The van der Waals surface area contributed by atoms with Gasteiger partial charge in [-0.1, -0.05) is 36.0 Å². The Balaban J connectivity index is 1.80. The summed E-state index contributed by atoms with van der Waals surface area (Å²) >= 11 is 12.9. The zero-order valence-corrected chi connectivity index (χ0v) is 15.1. The highest BCUT2D eigenvalue weighted by molar-refractivity contribution is 6.44. The van der Waals surface area contributed by atoms with E-state index in [4.69, 9.17) is 33.0 Å². The van der Waals surface area contributed by atoms with Crippen LogP contribution in [-0.4, -0.2) is 23.5 Å². The third-order valence-electron chi connectivity index (χ3n) is 5.43. The first-order valence-corrected chi connectivity index (χ1v) is 9.32. The highest BCUT2D eigenvalue weighted by Gasteiger charge is 2.43. The SMILES string of the molecule is O=C(O)COc1cc2c(c(Cl)c1Cl)C1=CC(=O)CCC1C2CC1CC1. The van der Waals surface area contributed by atoms with Crippen molar-refractivity contribution < 1.29 is 19.4 Å². The number of carbonyl (C=O) groups is 2. The van der Waals surface area contributed by atoms with E-state index in [0.29, 0.717) is 23.1 Å². The number of carboxylic acids is 1. The molecule has 0 spiro atoms. The minimum Gasteiger partial charge on any atom is -0.480 e. The van der Waals surface area contributed by atoms with Crippen LogP contribution in [-0.2, 0) is 9.59 Å². The molecule has 132 valence electrons. The fraction of sp³-hybridized carbons (Fsp3) is 0.474. The number of ketones is 1. The summed E-state index contributed by atoms with van der Waals surface area (Å²) in [6.45, 7) is -0.466. The summed E-state index contributed by atoms with van der Waals surface area (Å²) in [6.07, 6.45) is 6.69. The topological polar surface area (TPSA) is 63.6 Å². The second-order valence-corrected chi connectivity index (χ2v) is 7.90. The number of hydrogen-bond donors (Lipinski definition) is 1. The average molecular weight is 381 g/mol. The van der Waals surface area contributed by atoms with Crippen molar-refractivity contribution in [2.24, 2.45) is 11.8 Å². The van der Waals surface area contributed by atoms with Crippen LogP contribution in [0.4, 0.5) is 0 Å². The molecule has 3 aliphatic rings. The lowest BCUT2D eigenvalue weighted by atomic mass is 9.80. The Kier molecular flexibility index (Phi) is 4.28. The summed E-state index contributed by atoms with van der Waals surface area (Å²) in [5.74, 6) is 0.680. The van der Waals surface area contributed by atoms with Crippen molar-refractivity contribution >= 4 is 40.5 Å². The molecule has 4 nitrogen and oxygen atoms in total. The molecule has 2 atom stereocenters. The van der Waals surface area contributed by atoms with Crippen LogP contribution in [0, 0.1) is 11.8 Å². The zero-order valence-electron chi connectivity index (χ0n) is 13.6. The highest BCUT2D eigenvalue weighted by Crippen LogP contribution is 2.58. The standard InChI is InChI=1S/C19H18Cl2O4/c20-18-15(25-8-16(23)24)7-14-12(5-9-1-2-9)11-4-3-10(22)6-13(11)17(14)19(18)21/h6-7,9,11-12H,1-5,8H2,(H,23,24). The Morgan fingerprint density at radius 3 is 2.68 bits per heavy atom. The summed E-state index contributed by atoms with van der Waals surface area (Å²) in [5, 5.41) is 9.44. The molecule has 2 unspecified atom stereocenters. The molecule has 1 aromatic rings. The van der Waals surface area contributed by atoms with Gasteiger partial charge in [-0.05, 0) is 53.9 Å². The number of hydrogen-bond acceptors (Lipinski definition) is 3. The van der Waals surface area contributed by atoms with Crippen LogP contribution in [0.1, 0.15) is 49.1 Å². The van der Waals surface area contributed by atoms with Crippen LogP contribution in [0.15, 0.2) is 12.1 Å². The van der Waals surface area contributed by atoms with Crippen molar-refractivity contribution in [3.8, 4) is 5.75 Å². The molecule has 1 N–H and O–H groups in total. The van der Waals surface area contributed by atoms with E-state index >= 15 is 0 Å². The fourth-order valence-electron chi connectivity index (χ4n) is 4.15. The minimum absolute atomic E-state index is 0.127. The first-order valence-electron chi connectivity index (χ1n) is 8.57. The van der Waals surface area contributed by atoms with E-state index in [1.165, 1.54) is 12.8 Å². The van der Waals surface area contributed by atoms with Crippen LogP contribution in [0.5, 0.6) is 5.75 Å². The first-order chi connectivity index (χ1) is 12.0. The summed E-state index contributed by atoms with van der Waals surface area (Å²) < 4.78 is 5.35. The van der Waals surface area contributed by atoms with Gasteiger partial charge in [0.15, 0.2) is 12.4 Å². The molecular formula is C19H18Cl2O4. The highest BCUT2D eigenvalue weighted by atomic mass is 35.5. The van der Waals surface area contributed by atoms with Gasteiger partial charge in [0.25, 0.3) is 0 Å². The van der Waals surface area contributed by atoms with Gasteiger partial charge in [0.1, 0.15) is 10.8 Å². The Hall–Kier alpha value is -1.52. The number of carbonyl (C=O) groups excluding carboxylic acids is 1. The van der Waals surface area contributed by atoms with Gasteiger partial charge < -0.3 is 9.84 Å². The van der Waals surface area contributed by atoms with Gasteiger partial charge in [-0.15, -0.1) is 0 Å². The van der Waals surface area contributed by atoms with Gasteiger partial charge in [0.2, 0.25) is 0 Å². The summed E-state index contributed by atoms with van der Waals surface area (Å²) in [6, 6.07) is 1.84. The van der Waals surface area contributed by atoms with Gasteiger partial charge in [0.05, 0.1) is 5.02 Å². The maximum Gasteiger partial charge on any atom is 0.341 e. The second-order valence-electron chi connectivity index (χ2n) is 7.15. The van der Waals surface area contributed by atoms with Crippen LogP contribution in [0.25, 0.3) is 5.57 Å². The Labute approximate surface area is 155 Å². The van der Waals surface area contributed by atoms with Gasteiger partial charge in [0, 0.05) is 12.0 Å². The molecule has 1 aromatic carbocycles. The number of allylic oxidation sites excluding steroid dienone is 2. The van der Waals surface area contributed by atoms with E-state index in [9.17, 15) is 9.59 Å². The lowest BCUT2D eigenvalue weighted by molar-refractivity contribution is -0.139. The Bertz CT molecular complexity index is 795. The fourth-order valence-corrected chi connectivity index (χ4v) is 4.67. The quantitative estimate of drug-likeness (QED) is 0.802. The number of rotatable bonds is 5. The summed E-state index contributed by atoms with van der Waals surface area (Å²) in [4.78, 5) is 22.8. The molecule has 6 heteroatoms. The normalized spacial score (nSPS) is 24.6. The first kappa shape index (κ1) is 16.9. The predicted molar refractivity (Wildman–Crippen MR) is 95.4 cm³/mol. The Morgan fingerprint density at radius 1 is 1.24 bits per heavy atom. The number of fused-ring (bicyclic) bond motifs is 3. The molecule has 0 aromatic heterocycles. The molecule has 0 amide bonds. The van der Waals surface area contributed by atoms with Crippen LogP contribution < -0.4 is 4.74 Å². The molecule has 1 fully saturated rings. The third kappa shape index (κ3) is 3.06. The van der Waals surface area contributed by atoms with Gasteiger partial charge >= 0.3 is 5.97 Å². The van der Waals surface area contributed by atoms with Crippen molar-refractivity contribution in [3.05, 3.63) is 33.3 Å². The van der Waals surface area contributed by atoms with Crippen LogP contribution in [0.3, 0.4) is 0 Å². The van der Waals surface area contributed by atoms with E-state index in [0.717, 1.165) is 35.5 Å². The van der Waals surface area contributed by atoms with Crippen molar-refractivity contribution in [2.45, 2.75) is 38.0 Å². The number of benzene rings is 1. The van der Waals surface area contributed by atoms with E-state index in [1.807, 2.05) is 6.07 Å². The van der Waals surface area contributed by atoms with Gasteiger partial charge in [-0.3, -0.25) is 4.79 Å². The van der Waals surface area contributed by atoms with Crippen molar-refractivity contribution in [1.82, 2.24) is 0 Å². The third-order valence-corrected chi connectivity index (χ3v) is 6.28. The lowest BCUT2D eigenvalue weighted by Gasteiger charge is -2.23. The summed E-state index contributed by atoms with van der Waals surface area (Å²) in [7, 11) is 0. The van der Waals surface area contributed by atoms with Gasteiger partial charge in [-0.25, -0.2) is 4.79 Å². The average Bonchev–Trinajstić information content (AvgIpc) is 3.33. The molecule has 0 saturated heterocycles. The van der Waals surface area contributed by atoms with Crippen molar-refractivity contribution in [1.29, 1.82) is 0 Å².